The third-order valence-electron chi connectivity index (χ3n) is 3.49. The van der Waals surface area contributed by atoms with Crippen LogP contribution < -0.4 is 0 Å². The summed E-state index contributed by atoms with van der Waals surface area (Å²) in [7, 11) is 0. The summed E-state index contributed by atoms with van der Waals surface area (Å²) < 4.78 is 7.19. The number of aliphatic imine (C=N–C) groups is 1. The van der Waals surface area contributed by atoms with Gasteiger partial charge in [0, 0.05) is 31.4 Å². The summed E-state index contributed by atoms with van der Waals surface area (Å²) in [5.41, 5.74) is 1.91. The molecule has 21 heavy (non-hydrogen) atoms. The van der Waals surface area contributed by atoms with Crippen LogP contribution in [0.2, 0.25) is 0 Å². The van der Waals surface area contributed by atoms with Gasteiger partial charge < -0.3 is 9.64 Å². The number of hydrogen-bond donors (Lipinski definition) is 0. The van der Waals surface area contributed by atoms with Crippen molar-refractivity contribution >= 4 is 28.9 Å². The molecule has 3 rings (SSSR count). The van der Waals surface area contributed by atoms with Gasteiger partial charge in [0.1, 0.15) is 0 Å². The van der Waals surface area contributed by atoms with Crippen molar-refractivity contribution in [3.63, 3.8) is 0 Å². The number of aryl methyl sites for hydroxylation is 2. The summed E-state index contributed by atoms with van der Waals surface area (Å²) in [5.74, 6) is -0.162. The molecule has 6 nitrogen and oxygen atoms in total. The van der Waals surface area contributed by atoms with Crippen LogP contribution in [0.1, 0.15) is 18.2 Å². The van der Waals surface area contributed by atoms with Crippen LogP contribution in [0.4, 0.5) is 0 Å². The molecule has 0 radical (unpaired) electrons. The van der Waals surface area contributed by atoms with Crippen LogP contribution in [0, 0.1) is 6.92 Å². The fourth-order valence-corrected chi connectivity index (χ4v) is 3.22. The van der Waals surface area contributed by atoms with E-state index in [4.69, 9.17) is 4.74 Å². The summed E-state index contributed by atoms with van der Waals surface area (Å²) in [4.78, 5) is 19.0. The number of nitrogens with zero attached hydrogens (tertiary/aromatic N) is 4. The van der Waals surface area contributed by atoms with Crippen molar-refractivity contribution in [2.24, 2.45) is 4.99 Å². The highest BCUT2D eigenvalue weighted by Gasteiger charge is 2.27. The number of hydrogen-bond acceptors (Lipinski definition) is 5. The highest BCUT2D eigenvalue weighted by atomic mass is 32.2. The average molecular weight is 306 g/mol. The van der Waals surface area contributed by atoms with E-state index in [9.17, 15) is 4.79 Å². The molecule has 0 bridgehead atoms. The first-order valence-electron chi connectivity index (χ1n) is 7.06. The van der Waals surface area contributed by atoms with Gasteiger partial charge in [0.15, 0.2) is 5.17 Å². The maximum Gasteiger partial charge on any atom is 0.286 e. The molecule has 1 fully saturated rings. The molecule has 7 heteroatoms. The molecule has 1 amide bonds. The van der Waals surface area contributed by atoms with E-state index in [1.54, 1.807) is 0 Å². The maximum atomic E-state index is 12.1. The van der Waals surface area contributed by atoms with E-state index in [1.807, 2.05) is 30.8 Å². The van der Waals surface area contributed by atoms with Crippen LogP contribution >= 0.6 is 11.8 Å². The predicted molar refractivity (Wildman–Crippen MR) is 83.0 cm³/mol. The van der Waals surface area contributed by atoms with Crippen molar-refractivity contribution < 1.29 is 9.53 Å². The van der Waals surface area contributed by atoms with E-state index < -0.39 is 0 Å². The standard InChI is InChI=1S/C14H18N4O2S/c1-3-18-9-11(10(2)16-18)8-12-13(19)15-14(21-12)17-4-6-20-7-5-17/h8-9H,3-7H2,1-2H3/b12-8-. The number of ether oxygens (including phenoxy) is 1. The van der Waals surface area contributed by atoms with Gasteiger partial charge in [-0.3, -0.25) is 9.48 Å². The lowest BCUT2D eigenvalue weighted by Gasteiger charge is -2.27. The zero-order valence-corrected chi connectivity index (χ0v) is 13.0. The zero-order chi connectivity index (χ0) is 14.8. The molecule has 2 aliphatic heterocycles. The highest BCUT2D eigenvalue weighted by Crippen LogP contribution is 2.30. The molecular formula is C14H18N4O2S. The van der Waals surface area contributed by atoms with Gasteiger partial charge in [0.25, 0.3) is 5.91 Å². The Kier molecular flexibility index (Phi) is 4.12. The minimum absolute atomic E-state index is 0.162. The van der Waals surface area contributed by atoms with Crippen molar-refractivity contribution in [2.45, 2.75) is 20.4 Å². The molecule has 1 saturated heterocycles. The fourth-order valence-electron chi connectivity index (χ4n) is 2.27. The van der Waals surface area contributed by atoms with Crippen molar-refractivity contribution in [1.82, 2.24) is 14.7 Å². The van der Waals surface area contributed by atoms with Gasteiger partial charge >= 0.3 is 0 Å². The van der Waals surface area contributed by atoms with Crippen molar-refractivity contribution in [2.75, 3.05) is 26.3 Å². The molecule has 1 aromatic heterocycles. The summed E-state index contributed by atoms with van der Waals surface area (Å²) >= 11 is 1.44. The van der Waals surface area contributed by atoms with Crippen molar-refractivity contribution in [3.05, 3.63) is 22.4 Å². The molecule has 112 valence electrons. The molecule has 3 heterocycles. The summed E-state index contributed by atoms with van der Waals surface area (Å²) in [6.45, 7) is 7.77. The third kappa shape index (κ3) is 3.03. The molecule has 0 atom stereocenters. The number of amidine groups is 1. The molecule has 0 saturated carbocycles. The number of morpholine rings is 1. The van der Waals surface area contributed by atoms with Gasteiger partial charge in [0.05, 0.1) is 23.8 Å². The first kappa shape index (κ1) is 14.3. The second-order valence-electron chi connectivity index (χ2n) is 4.94. The highest BCUT2D eigenvalue weighted by molar-refractivity contribution is 8.18. The lowest BCUT2D eigenvalue weighted by atomic mass is 10.2. The van der Waals surface area contributed by atoms with Gasteiger partial charge in [-0.25, -0.2) is 0 Å². The van der Waals surface area contributed by atoms with Gasteiger partial charge in [0.2, 0.25) is 0 Å². The van der Waals surface area contributed by atoms with Crippen LogP contribution in [-0.4, -0.2) is 52.1 Å². The lowest BCUT2D eigenvalue weighted by molar-refractivity contribution is -0.113. The largest absolute Gasteiger partial charge is 0.378 e. The Labute approximate surface area is 127 Å². The van der Waals surface area contributed by atoms with E-state index in [0.717, 1.165) is 36.1 Å². The van der Waals surface area contributed by atoms with Crippen LogP contribution in [0.3, 0.4) is 0 Å². The van der Waals surface area contributed by atoms with Crippen molar-refractivity contribution in [1.29, 1.82) is 0 Å². The minimum atomic E-state index is -0.162. The summed E-state index contributed by atoms with van der Waals surface area (Å²) in [5, 5.41) is 5.18. The molecule has 1 aromatic rings. The number of carbonyl (C=O) groups excluding carboxylic acids is 1. The summed E-state index contributed by atoms with van der Waals surface area (Å²) in [6, 6.07) is 0. The molecule has 2 aliphatic rings. The topological polar surface area (TPSA) is 59.7 Å². The van der Waals surface area contributed by atoms with Crippen LogP contribution in [-0.2, 0) is 16.1 Å². The average Bonchev–Trinajstić information content (AvgIpc) is 3.04. The van der Waals surface area contributed by atoms with E-state index in [0.29, 0.717) is 18.1 Å². The molecule has 0 unspecified atom stereocenters. The van der Waals surface area contributed by atoms with E-state index in [1.165, 1.54) is 11.8 Å². The molecular weight excluding hydrogens is 288 g/mol. The number of carbonyl (C=O) groups is 1. The SMILES string of the molecule is CCn1cc(/C=C2\SC(N3CCOCC3)=NC2=O)c(C)n1. The van der Waals surface area contributed by atoms with Crippen LogP contribution in [0.25, 0.3) is 6.08 Å². The van der Waals surface area contributed by atoms with Gasteiger partial charge in [-0.2, -0.15) is 10.1 Å². The van der Waals surface area contributed by atoms with E-state index in [2.05, 4.69) is 15.0 Å². The fraction of sp³-hybridized carbons (Fsp3) is 0.500. The number of thioether (sulfide) groups is 1. The van der Waals surface area contributed by atoms with Crippen LogP contribution in [0.5, 0.6) is 0 Å². The first-order valence-corrected chi connectivity index (χ1v) is 7.88. The smallest absolute Gasteiger partial charge is 0.286 e. The second-order valence-corrected chi connectivity index (χ2v) is 5.94. The van der Waals surface area contributed by atoms with Gasteiger partial charge in [-0.15, -0.1) is 0 Å². The first-order chi connectivity index (χ1) is 10.2. The van der Waals surface area contributed by atoms with E-state index >= 15 is 0 Å². The Hall–Kier alpha value is -1.60. The predicted octanol–water partition coefficient (Wildman–Crippen LogP) is 1.51. The Morgan fingerprint density at radius 1 is 1.43 bits per heavy atom. The second kappa shape index (κ2) is 6.03. The number of aromatic nitrogens is 2. The summed E-state index contributed by atoms with van der Waals surface area (Å²) in [6.07, 6.45) is 3.85. The van der Waals surface area contributed by atoms with Crippen LogP contribution in [0.15, 0.2) is 16.1 Å². The minimum Gasteiger partial charge on any atom is -0.378 e. The normalized spacial score (nSPS) is 21.2. The number of rotatable bonds is 2. The third-order valence-corrected chi connectivity index (χ3v) is 4.53. The maximum absolute atomic E-state index is 12.1. The molecule has 0 N–H and O–H groups in total. The van der Waals surface area contributed by atoms with E-state index in [-0.39, 0.29) is 5.91 Å². The Balaban J connectivity index is 1.77. The molecule has 0 spiro atoms. The number of amides is 1. The Morgan fingerprint density at radius 3 is 2.86 bits per heavy atom. The molecule has 0 aliphatic carbocycles. The molecule has 0 aromatic carbocycles. The zero-order valence-electron chi connectivity index (χ0n) is 12.2. The quantitative estimate of drug-likeness (QED) is 0.775. The monoisotopic (exact) mass is 306 g/mol. The van der Waals surface area contributed by atoms with Crippen molar-refractivity contribution in [3.8, 4) is 0 Å². The Morgan fingerprint density at radius 2 is 2.19 bits per heavy atom. The van der Waals surface area contributed by atoms with Gasteiger partial charge in [-0.05, 0) is 31.7 Å². The van der Waals surface area contributed by atoms with Gasteiger partial charge in [-0.1, -0.05) is 0 Å². The lowest BCUT2D eigenvalue weighted by Crippen LogP contribution is -2.38. The Bertz CT molecular complexity index is 614.